The minimum absolute atomic E-state index is 0.291. The third-order valence-electron chi connectivity index (χ3n) is 1.79. The van der Waals surface area contributed by atoms with E-state index in [1.165, 1.54) is 0 Å². The van der Waals surface area contributed by atoms with E-state index in [0.29, 0.717) is 17.9 Å². The van der Waals surface area contributed by atoms with Crippen molar-refractivity contribution >= 4 is 11.9 Å². The Morgan fingerprint density at radius 3 is 2.71 bits per heavy atom. The predicted octanol–water partition coefficient (Wildman–Crippen LogP) is 0.831. The van der Waals surface area contributed by atoms with Gasteiger partial charge in [-0.1, -0.05) is 12.1 Å². The molecule has 2 N–H and O–H groups in total. The summed E-state index contributed by atoms with van der Waals surface area (Å²) in [6.07, 6.45) is 0. The van der Waals surface area contributed by atoms with Crippen LogP contribution in [-0.2, 0) is 9.63 Å². The molecular formula is C11H13NO5. The van der Waals surface area contributed by atoms with E-state index < -0.39 is 18.5 Å². The molecule has 0 saturated heterocycles. The van der Waals surface area contributed by atoms with Crippen molar-refractivity contribution in [3.8, 4) is 5.75 Å². The summed E-state index contributed by atoms with van der Waals surface area (Å²) in [7, 11) is 0. The van der Waals surface area contributed by atoms with E-state index in [1.54, 1.807) is 31.2 Å². The summed E-state index contributed by atoms with van der Waals surface area (Å²) in [4.78, 5) is 26.3. The van der Waals surface area contributed by atoms with Gasteiger partial charge in [0, 0.05) is 0 Å². The number of hydroxylamine groups is 1. The minimum atomic E-state index is -1.16. The maximum absolute atomic E-state index is 11.6. The Morgan fingerprint density at radius 1 is 1.35 bits per heavy atom. The first-order valence-corrected chi connectivity index (χ1v) is 5.01. The van der Waals surface area contributed by atoms with Gasteiger partial charge in [0.15, 0.2) is 6.61 Å². The van der Waals surface area contributed by atoms with Crippen molar-refractivity contribution in [3.05, 3.63) is 29.8 Å². The quantitative estimate of drug-likeness (QED) is 0.718. The summed E-state index contributed by atoms with van der Waals surface area (Å²) >= 11 is 0. The number of aliphatic carboxylic acids is 1. The number of benzene rings is 1. The number of ether oxygens (including phenoxy) is 1. The number of hydrogen-bond donors (Lipinski definition) is 2. The Bertz CT molecular complexity index is 405. The Hall–Kier alpha value is -2.08. The number of carbonyl (C=O) groups excluding carboxylic acids is 1. The Kier molecular flexibility index (Phi) is 4.96. The Labute approximate surface area is 98.1 Å². The molecule has 0 unspecified atom stereocenters. The van der Waals surface area contributed by atoms with E-state index in [2.05, 4.69) is 4.84 Å². The van der Waals surface area contributed by atoms with Crippen molar-refractivity contribution in [2.45, 2.75) is 6.92 Å². The molecule has 92 valence electrons. The zero-order chi connectivity index (χ0) is 12.7. The molecule has 0 fully saturated rings. The lowest BCUT2D eigenvalue weighted by atomic mass is 10.2. The Morgan fingerprint density at radius 2 is 2.06 bits per heavy atom. The first kappa shape index (κ1) is 13.0. The van der Waals surface area contributed by atoms with Crippen molar-refractivity contribution < 1.29 is 24.3 Å². The van der Waals surface area contributed by atoms with Gasteiger partial charge in [-0.05, 0) is 19.1 Å². The highest BCUT2D eigenvalue weighted by Crippen LogP contribution is 2.17. The lowest BCUT2D eigenvalue weighted by Gasteiger charge is -2.09. The number of carboxylic acid groups (broad SMARTS) is 1. The van der Waals surface area contributed by atoms with Crippen LogP contribution in [0.3, 0.4) is 0 Å². The topological polar surface area (TPSA) is 84.9 Å². The van der Waals surface area contributed by atoms with Gasteiger partial charge in [0.1, 0.15) is 5.75 Å². The predicted molar refractivity (Wildman–Crippen MR) is 58.7 cm³/mol. The number of hydrogen-bond acceptors (Lipinski definition) is 4. The van der Waals surface area contributed by atoms with Crippen LogP contribution < -0.4 is 10.2 Å². The molecule has 0 aliphatic heterocycles. The normalized spacial score (nSPS) is 9.71. The van der Waals surface area contributed by atoms with Crippen LogP contribution in [-0.4, -0.2) is 30.2 Å². The lowest BCUT2D eigenvalue weighted by molar-refractivity contribution is -0.144. The molecule has 1 amide bonds. The second-order valence-electron chi connectivity index (χ2n) is 3.04. The van der Waals surface area contributed by atoms with Gasteiger partial charge in [0.05, 0.1) is 12.2 Å². The van der Waals surface area contributed by atoms with Gasteiger partial charge in [-0.25, -0.2) is 10.3 Å². The Balaban J connectivity index is 2.64. The van der Waals surface area contributed by atoms with Gasteiger partial charge in [-0.3, -0.25) is 9.63 Å². The van der Waals surface area contributed by atoms with Crippen LogP contribution in [0.15, 0.2) is 24.3 Å². The van der Waals surface area contributed by atoms with Crippen molar-refractivity contribution in [2.24, 2.45) is 0 Å². The van der Waals surface area contributed by atoms with E-state index in [0.717, 1.165) is 0 Å². The summed E-state index contributed by atoms with van der Waals surface area (Å²) in [6, 6.07) is 6.62. The van der Waals surface area contributed by atoms with Crippen LogP contribution in [0, 0.1) is 0 Å². The molecular weight excluding hydrogens is 226 g/mol. The molecule has 6 heteroatoms. The van der Waals surface area contributed by atoms with E-state index in [4.69, 9.17) is 9.84 Å². The smallest absolute Gasteiger partial charge is 0.332 e. The molecule has 0 aliphatic rings. The van der Waals surface area contributed by atoms with Gasteiger partial charge in [-0.15, -0.1) is 0 Å². The molecule has 0 bridgehead atoms. The van der Waals surface area contributed by atoms with Crippen LogP contribution in [0.1, 0.15) is 17.3 Å². The zero-order valence-corrected chi connectivity index (χ0v) is 9.30. The minimum Gasteiger partial charge on any atom is -0.493 e. The van der Waals surface area contributed by atoms with Crippen LogP contribution >= 0.6 is 0 Å². The molecule has 0 aliphatic carbocycles. The number of nitrogens with one attached hydrogen (secondary N) is 1. The molecule has 0 heterocycles. The number of para-hydroxylation sites is 1. The van der Waals surface area contributed by atoms with Gasteiger partial charge in [0.2, 0.25) is 0 Å². The standard InChI is InChI=1S/C11H13NO5/c1-2-16-9-6-4-3-5-8(9)11(15)12-17-7-10(13)14/h3-6H,2,7H2,1H3,(H,12,15)(H,13,14). The van der Waals surface area contributed by atoms with E-state index in [9.17, 15) is 9.59 Å². The van der Waals surface area contributed by atoms with Crippen LogP contribution in [0.2, 0.25) is 0 Å². The fourth-order valence-corrected chi connectivity index (χ4v) is 1.15. The summed E-state index contributed by atoms with van der Waals surface area (Å²) < 4.78 is 5.25. The van der Waals surface area contributed by atoms with Crippen LogP contribution in [0.25, 0.3) is 0 Å². The SMILES string of the molecule is CCOc1ccccc1C(=O)NOCC(=O)O. The van der Waals surface area contributed by atoms with Gasteiger partial charge in [0.25, 0.3) is 5.91 Å². The highest BCUT2D eigenvalue weighted by molar-refractivity contribution is 5.96. The average molecular weight is 239 g/mol. The van der Waals surface area contributed by atoms with E-state index >= 15 is 0 Å². The third kappa shape index (κ3) is 4.12. The fourth-order valence-electron chi connectivity index (χ4n) is 1.15. The number of carboxylic acids is 1. The number of rotatable bonds is 6. The molecule has 0 saturated carbocycles. The largest absolute Gasteiger partial charge is 0.493 e. The second-order valence-corrected chi connectivity index (χ2v) is 3.04. The first-order chi connectivity index (χ1) is 8.15. The maximum Gasteiger partial charge on any atom is 0.332 e. The summed E-state index contributed by atoms with van der Waals surface area (Å²) in [5.74, 6) is -1.29. The summed E-state index contributed by atoms with van der Waals surface area (Å²) in [5.41, 5.74) is 2.32. The molecule has 1 aromatic rings. The molecule has 0 atom stereocenters. The highest BCUT2D eigenvalue weighted by Gasteiger charge is 2.12. The lowest BCUT2D eigenvalue weighted by Crippen LogP contribution is -2.27. The molecule has 0 aromatic heterocycles. The maximum atomic E-state index is 11.6. The highest BCUT2D eigenvalue weighted by atomic mass is 16.7. The van der Waals surface area contributed by atoms with Crippen molar-refractivity contribution in [3.63, 3.8) is 0 Å². The molecule has 6 nitrogen and oxygen atoms in total. The van der Waals surface area contributed by atoms with E-state index in [-0.39, 0.29) is 0 Å². The fraction of sp³-hybridized carbons (Fsp3) is 0.273. The number of carbonyl (C=O) groups is 2. The van der Waals surface area contributed by atoms with Gasteiger partial charge >= 0.3 is 5.97 Å². The monoisotopic (exact) mass is 239 g/mol. The zero-order valence-electron chi connectivity index (χ0n) is 9.30. The second kappa shape index (κ2) is 6.49. The summed E-state index contributed by atoms with van der Waals surface area (Å²) in [6.45, 7) is 1.64. The molecule has 1 rings (SSSR count). The van der Waals surface area contributed by atoms with Gasteiger partial charge in [-0.2, -0.15) is 0 Å². The van der Waals surface area contributed by atoms with E-state index in [1.807, 2.05) is 5.48 Å². The van der Waals surface area contributed by atoms with Crippen molar-refractivity contribution in [1.29, 1.82) is 0 Å². The molecule has 1 aromatic carbocycles. The molecule has 0 radical (unpaired) electrons. The van der Waals surface area contributed by atoms with Crippen molar-refractivity contribution in [1.82, 2.24) is 5.48 Å². The van der Waals surface area contributed by atoms with Crippen molar-refractivity contribution in [2.75, 3.05) is 13.2 Å². The number of amides is 1. The molecule has 17 heavy (non-hydrogen) atoms. The van der Waals surface area contributed by atoms with Gasteiger partial charge < -0.3 is 9.84 Å². The average Bonchev–Trinajstić information content (AvgIpc) is 2.29. The third-order valence-corrected chi connectivity index (χ3v) is 1.79. The summed E-state index contributed by atoms with van der Waals surface area (Å²) in [5, 5.41) is 8.33. The molecule has 0 spiro atoms. The first-order valence-electron chi connectivity index (χ1n) is 5.01. The van der Waals surface area contributed by atoms with Crippen LogP contribution in [0.4, 0.5) is 0 Å². The van der Waals surface area contributed by atoms with Crippen LogP contribution in [0.5, 0.6) is 5.75 Å².